The van der Waals surface area contributed by atoms with Crippen LogP contribution in [0.2, 0.25) is 0 Å². The Hall–Kier alpha value is -4.63. The van der Waals surface area contributed by atoms with Gasteiger partial charge in [0.15, 0.2) is 5.54 Å². The first-order valence-electron chi connectivity index (χ1n) is 15.1. The summed E-state index contributed by atoms with van der Waals surface area (Å²) in [6.45, 7) is -0.358. The van der Waals surface area contributed by atoms with Gasteiger partial charge in [0.05, 0.1) is 49.6 Å². The topological polar surface area (TPSA) is 120 Å². The number of carbonyl (C=O) groups excluding carboxylic acids is 3. The number of nitrogens with one attached hydrogen (secondary N) is 1. The van der Waals surface area contributed by atoms with Crippen LogP contribution in [0.5, 0.6) is 0 Å². The van der Waals surface area contributed by atoms with Gasteiger partial charge < -0.3 is 25.3 Å². The van der Waals surface area contributed by atoms with E-state index in [0.717, 1.165) is 7.11 Å². The molecule has 0 saturated carbocycles. The number of amides is 2. The molecule has 3 atom stereocenters. The van der Waals surface area contributed by atoms with Crippen LogP contribution in [0, 0.1) is 0 Å². The number of piperidine rings is 1. The Labute approximate surface area is 278 Å². The van der Waals surface area contributed by atoms with Crippen LogP contribution in [-0.2, 0) is 48.3 Å². The van der Waals surface area contributed by atoms with Crippen LogP contribution in [0.25, 0.3) is 0 Å². The van der Waals surface area contributed by atoms with E-state index in [9.17, 15) is 40.7 Å². The Balaban J connectivity index is 1.79. The molecule has 0 radical (unpaired) electrons. The number of benzene rings is 3. The van der Waals surface area contributed by atoms with E-state index < -0.39 is 83.9 Å². The Morgan fingerprint density at radius 2 is 1.47 bits per heavy atom. The van der Waals surface area contributed by atoms with Crippen molar-refractivity contribution in [1.82, 2.24) is 10.2 Å². The molecule has 1 fully saturated rings. The summed E-state index contributed by atoms with van der Waals surface area (Å²) in [5, 5.41) is 2.57. The minimum absolute atomic E-state index is 0.0231. The van der Waals surface area contributed by atoms with Crippen molar-refractivity contribution in [2.24, 2.45) is 5.73 Å². The highest BCUT2D eigenvalue weighted by molar-refractivity contribution is 5.90. The number of rotatable bonds is 10. The van der Waals surface area contributed by atoms with Crippen LogP contribution >= 0.6 is 0 Å². The van der Waals surface area contributed by atoms with E-state index in [-0.39, 0.29) is 25.5 Å². The van der Waals surface area contributed by atoms with Crippen molar-refractivity contribution >= 4 is 18.0 Å². The number of hydrogen-bond acceptors (Lipinski definition) is 7. The molecule has 15 heteroatoms. The number of alkyl halides is 6. The van der Waals surface area contributed by atoms with Crippen molar-refractivity contribution in [2.75, 3.05) is 26.8 Å². The SMILES string of the molecule is COC(=O)C1(NC(=O)CN)CC[C@@](CO[C@H](C)c2cc(C(F)(F)F)cc(C(F)(F)F)c2)(c2ccccc2)N(C(=O)OCc2ccccc2)C1. The van der Waals surface area contributed by atoms with Gasteiger partial charge in [0.25, 0.3) is 0 Å². The van der Waals surface area contributed by atoms with Gasteiger partial charge in [0.2, 0.25) is 5.91 Å². The van der Waals surface area contributed by atoms with E-state index in [1.54, 1.807) is 60.7 Å². The third kappa shape index (κ3) is 8.51. The van der Waals surface area contributed by atoms with Crippen molar-refractivity contribution in [3.63, 3.8) is 0 Å². The molecule has 0 bridgehead atoms. The Morgan fingerprint density at radius 1 is 0.898 bits per heavy atom. The summed E-state index contributed by atoms with van der Waals surface area (Å²) < 4.78 is 98.6. The lowest BCUT2D eigenvalue weighted by atomic mass is 9.74. The maximum absolute atomic E-state index is 14.0. The standard InChI is InChI=1S/C34H35F6N3O6/c1-22(24-15-26(33(35,36)37)17-27(16-24)34(38,39)40)49-21-32(25-11-7-4-8-12-25)14-13-31(29(45)47-2,42-28(44)18-41)20-43(32)30(46)48-19-23-9-5-3-6-10-23/h3-12,15-17,22H,13-14,18-21,41H2,1-2H3,(H,42,44)/t22-,31?,32-/m1/s1. The molecule has 3 aromatic carbocycles. The maximum Gasteiger partial charge on any atom is 0.416 e. The highest BCUT2D eigenvalue weighted by Crippen LogP contribution is 2.44. The van der Waals surface area contributed by atoms with Gasteiger partial charge >= 0.3 is 24.4 Å². The number of ether oxygens (including phenoxy) is 3. The summed E-state index contributed by atoms with van der Waals surface area (Å²) in [6, 6.07) is 18.2. The first kappa shape index (κ1) is 37.2. The molecule has 1 saturated heterocycles. The van der Waals surface area contributed by atoms with Gasteiger partial charge in [-0.15, -0.1) is 0 Å². The summed E-state index contributed by atoms with van der Waals surface area (Å²) in [5.41, 5.74) is -0.0922. The molecule has 1 unspecified atom stereocenters. The van der Waals surface area contributed by atoms with Gasteiger partial charge in [-0.25, -0.2) is 9.59 Å². The second-order valence-corrected chi connectivity index (χ2v) is 11.6. The smallest absolute Gasteiger partial charge is 0.416 e. The van der Waals surface area contributed by atoms with Crippen LogP contribution < -0.4 is 11.1 Å². The number of halogens is 6. The highest BCUT2D eigenvalue weighted by atomic mass is 19.4. The van der Waals surface area contributed by atoms with Gasteiger partial charge in [-0.05, 0) is 54.7 Å². The Bertz CT molecular complexity index is 1590. The van der Waals surface area contributed by atoms with Crippen molar-refractivity contribution in [3.8, 4) is 0 Å². The summed E-state index contributed by atoms with van der Waals surface area (Å²) in [6.07, 6.45) is -12.7. The third-order valence-electron chi connectivity index (χ3n) is 8.44. The monoisotopic (exact) mass is 695 g/mol. The van der Waals surface area contributed by atoms with E-state index in [2.05, 4.69) is 5.32 Å². The average molecular weight is 696 g/mol. The van der Waals surface area contributed by atoms with Gasteiger partial charge in [-0.2, -0.15) is 26.3 Å². The second kappa shape index (κ2) is 14.9. The van der Waals surface area contributed by atoms with Crippen LogP contribution in [0.3, 0.4) is 0 Å². The summed E-state index contributed by atoms with van der Waals surface area (Å²) in [4.78, 5) is 41.0. The van der Waals surface area contributed by atoms with E-state index >= 15 is 0 Å². The van der Waals surface area contributed by atoms with Gasteiger partial charge in [0, 0.05) is 0 Å². The van der Waals surface area contributed by atoms with E-state index in [4.69, 9.17) is 19.9 Å². The molecule has 49 heavy (non-hydrogen) atoms. The van der Waals surface area contributed by atoms with Gasteiger partial charge in [-0.3, -0.25) is 9.69 Å². The largest absolute Gasteiger partial charge is 0.467 e. The zero-order chi connectivity index (χ0) is 36.0. The normalized spacial score (nSPS) is 20.3. The summed E-state index contributed by atoms with van der Waals surface area (Å²) in [5.74, 6) is -1.60. The summed E-state index contributed by atoms with van der Waals surface area (Å²) >= 11 is 0. The van der Waals surface area contributed by atoms with Gasteiger partial charge in [-0.1, -0.05) is 60.7 Å². The minimum atomic E-state index is -5.07. The number of esters is 1. The molecule has 9 nitrogen and oxygen atoms in total. The molecule has 3 aromatic rings. The lowest BCUT2D eigenvalue weighted by molar-refractivity contribution is -0.158. The number of methoxy groups -OCH3 is 1. The van der Waals surface area contributed by atoms with E-state index in [0.29, 0.717) is 23.3 Å². The van der Waals surface area contributed by atoms with Crippen molar-refractivity contribution in [3.05, 3.63) is 107 Å². The first-order valence-corrected chi connectivity index (χ1v) is 15.1. The quantitative estimate of drug-likeness (QED) is 0.194. The fourth-order valence-electron chi connectivity index (χ4n) is 5.78. The molecule has 264 valence electrons. The van der Waals surface area contributed by atoms with E-state index in [1.807, 2.05) is 0 Å². The molecule has 0 spiro atoms. The zero-order valence-electron chi connectivity index (χ0n) is 26.6. The van der Waals surface area contributed by atoms with Crippen LogP contribution in [0.15, 0.2) is 78.9 Å². The molecule has 1 aliphatic rings. The molecule has 1 heterocycles. The molecule has 1 aliphatic heterocycles. The van der Waals surface area contributed by atoms with Crippen LogP contribution in [-0.4, -0.2) is 55.2 Å². The molecule has 2 amide bonds. The Kier molecular flexibility index (Phi) is 11.3. The average Bonchev–Trinajstić information content (AvgIpc) is 3.09. The number of carbonyl (C=O) groups is 3. The predicted octanol–water partition coefficient (Wildman–Crippen LogP) is 6.12. The fourth-order valence-corrected chi connectivity index (χ4v) is 5.78. The first-order chi connectivity index (χ1) is 23.0. The Morgan fingerprint density at radius 3 is 2.00 bits per heavy atom. The number of hydrogen-bond donors (Lipinski definition) is 2. The molecular formula is C34H35F6N3O6. The molecule has 0 aliphatic carbocycles. The molecule has 4 rings (SSSR count). The number of nitrogens with two attached hydrogens (primary N) is 1. The van der Waals surface area contributed by atoms with Crippen LogP contribution in [0.1, 0.15) is 53.7 Å². The van der Waals surface area contributed by atoms with Crippen LogP contribution in [0.4, 0.5) is 31.1 Å². The molecular weight excluding hydrogens is 660 g/mol. The third-order valence-corrected chi connectivity index (χ3v) is 8.44. The zero-order valence-corrected chi connectivity index (χ0v) is 26.6. The van der Waals surface area contributed by atoms with Crippen molar-refractivity contribution in [2.45, 2.75) is 55.9 Å². The predicted molar refractivity (Wildman–Crippen MR) is 163 cm³/mol. The van der Waals surface area contributed by atoms with Crippen molar-refractivity contribution < 1.29 is 54.9 Å². The number of nitrogens with zero attached hydrogens (tertiary/aromatic N) is 1. The summed E-state index contributed by atoms with van der Waals surface area (Å²) in [7, 11) is 1.10. The molecule has 0 aromatic heterocycles. The lowest BCUT2D eigenvalue weighted by Crippen LogP contribution is -2.70. The lowest BCUT2D eigenvalue weighted by Gasteiger charge is -2.52. The maximum atomic E-state index is 14.0. The van der Waals surface area contributed by atoms with Crippen molar-refractivity contribution in [1.29, 1.82) is 0 Å². The molecule has 3 N–H and O–H groups in total. The fraction of sp³-hybridized carbons (Fsp3) is 0.382. The minimum Gasteiger partial charge on any atom is -0.467 e. The number of likely N-dealkylation sites (tertiary alicyclic amines) is 1. The van der Waals surface area contributed by atoms with Gasteiger partial charge in [0.1, 0.15) is 6.61 Å². The second-order valence-electron chi connectivity index (χ2n) is 11.6. The van der Waals surface area contributed by atoms with E-state index in [1.165, 1.54) is 11.8 Å². The highest BCUT2D eigenvalue weighted by Gasteiger charge is 2.56.